The molecule has 2 N–H and O–H groups in total. The fraction of sp³-hybridized carbons (Fsp3) is 0.441. The average Bonchev–Trinajstić information content (AvgIpc) is 3.62. The van der Waals surface area contributed by atoms with Crippen LogP contribution in [-0.4, -0.2) is 48.7 Å². The summed E-state index contributed by atoms with van der Waals surface area (Å²) in [5.41, 5.74) is 3.81. The second kappa shape index (κ2) is 12.3. The molecule has 5 rings (SSSR count). The molecule has 3 heterocycles. The normalized spacial score (nSPS) is 12.2. The number of hydrogen-bond acceptors (Lipinski definition) is 6. The molecule has 0 aliphatic rings. The van der Waals surface area contributed by atoms with Crippen LogP contribution in [0.1, 0.15) is 94.5 Å². The number of carbonyl (C=O) groups is 1. The van der Waals surface area contributed by atoms with Gasteiger partial charge in [-0.15, -0.1) is 10.2 Å². The zero-order chi connectivity index (χ0) is 31.6. The zero-order valence-electron chi connectivity index (χ0n) is 26.8. The number of H-pyrrole nitrogens is 1. The van der Waals surface area contributed by atoms with E-state index in [9.17, 15) is 9.59 Å². The Morgan fingerprint density at radius 3 is 2.41 bits per heavy atom. The number of aromatic nitrogens is 6. The van der Waals surface area contributed by atoms with Crippen LogP contribution in [0, 0.1) is 6.92 Å². The Hall–Kier alpha value is -4.47. The molecule has 0 saturated heterocycles. The first-order valence-electron chi connectivity index (χ1n) is 15.5. The smallest absolute Gasteiger partial charge is 0.282 e. The Balaban J connectivity index is 1.20. The van der Waals surface area contributed by atoms with E-state index in [1.165, 1.54) is 20.3 Å². The number of amides is 1. The average molecular weight is 598 g/mol. The second-order valence-electron chi connectivity index (χ2n) is 12.7. The summed E-state index contributed by atoms with van der Waals surface area (Å²) < 4.78 is 8.98. The van der Waals surface area contributed by atoms with Gasteiger partial charge in [-0.2, -0.15) is 14.3 Å². The van der Waals surface area contributed by atoms with Crippen LogP contribution < -0.4 is 15.6 Å². The van der Waals surface area contributed by atoms with E-state index in [4.69, 9.17) is 4.74 Å². The SMILES string of the molecule is CCC(C)(C)c1ccc(OCCCCNC(=O)c2cc3nnc(-n4nc(C)c5ccccc5c4=O)n3[nH]2)c(C(C)(C)CC)c1. The molecule has 0 spiro atoms. The molecule has 5 aromatic rings. The molecule has 10 nitrogen and oxygen atoms in total. The minimum absolute atomic E-state index is 0.00525. The molecule has 10 heteroatoms. The highest BCUT2D eigenvalue weighted by Crippen LogP contribution is 2.38. The summed E-state index contributed by atoms with van der Waals surface area (Å²) >= 11 is 0. The molecule has 0 radical (unpaired) electrons. The minimum Gasteiger partial charge on any atom is -0.493 e. The molecule has 0 aliphatic carbocycles. The number of hydrogen-bond donors (Lipinski definition) is 2. The zero-order valence-corrected chi connectivity index (χ0v) is 26.8. The third-order valence-electron chi connectivity index (χ3n) is 8.97. The summed E-state index contributed by atoms with van der Waals surface area (Å²) in [6, 6.07) is 15.5. The highest BCUT2D eigenvalue weighted by atomic mass is 16.5. The molecule has 0 atom stereocenters. The number of benzene rings is 2. The number of fused-ring (bicyclic) bond motifs is 2. The summed E-state index contributed by atoms with van der Waals surface area (Å²) in [5, 5.41) is 20.0. The monoisotopic (exact) mass is 597 g/mol. The first-order valence-corrected chi connectivity index (χ1v) is 15.5. The van der Waals surface area contributed by atoms with Gasteiger partial charge in [-0.1, -0.05) is 71.9 Å². The minimum atomic E-state index is -0.311. The maximum atomic E-state index is 13.1. The lowest BCUT2D eigenvalue weighted by molar-refractivity contribution is 0.0947. The molecular weight excluding hydrogens is 554 g/mol. The predicted octanol–water partition coefficient (Wildman–Crippen LogP) is 6.03. The molecule has 0 unspecified atom stereocenters. The van der Waals surface area contributed by atoms with Crippen molar-refractivity contribution < 1.29 is 9.53 Å². The van der Waals surface area contributed by atoms with Gasteiger partial charge in [0.15, 0.2) is 5.65 Å². The van der Waals surface area contributed by atoms with Crippen LogP contribution in [0.2, 0.25) is 0 Å². The van der Waals surface area contributed by atoms with Crippen molar-refractivity contribution in [1.82, 2.24) is 34.9 Å². The maximum Gasteiger partial charge on any atom is 0.282 e. The van der Waals surface area contributed by atoms with Crippen molar-refractivity contribution in [2.24, 2.45) is 0 Å². The van der Waals surface area contributed by atoms with Crippen LogP contribution in [-0.2, 0) is 10.8 Å². The van der Waals surface area contributed by atoms with Gasteiger partial charge in [0.05, 0.1) is 17.7 Å². The number of ether oxygens (including phenoxy) is 1. The summed E-state index contributed by atoms with van der Waals surface area (Å²) in [6.45, 7) is 16.4. The van der Waals surface area contributed by atoms with Crippen molar-refractivity contribution >= 4 is 22.3 Å². The molecule has 232 valence electrons. The van der Waals surface area contributed by atoms with Crippen LogP contribution in [0.3, 0.4) is 0 Å². The van der Waals surface area contributed by atoms with E-state index in [0.717, 1.165) is 36.8 Å². The van der Waals surface area contributed by atoms with Crippen molar-refractivity contribution in [2.45, 2.75) is 85.0 Å². The highest BCUT2D eigenvalue weighted by molar-refractivity contribution is 5.93. The quantitative estimate of drug-likeness (QED) is 0.170. The number of nitrogens with zero attached hydrogens (tertiary/aromatic N) is 5. The number of rotatable bonds is 12. The van der Waals surface area contributed by atoms with Crippen LogP contribution in [0.4, 0.5) is 0 Å². The summed E-state index contributed by atoms with van der Waals surface area (Å²) in [7, 11) is 0. The van der Waals surface area contributed by atoms with E-state index < -0.39 is 0 Å². The number of carbonyl (C=O) groups excluding carboxylic acids is 1. The lowest BCUT2D eigenvalue weighted by atomic mass is 9.76. The van der Waals surface area contributed by atoms with Gasteiger partial charge in [0, 0.05) is 23.6 Å². The standard InChI is InChI=1S/C34H43N7O3/c1-8-33(4,5)23-16-17-28(26(20-23)34(6,7)9-2)44-19-13-12-18-35-30(42)27-21-29-36-37-32(40(29)39-27)41-31(43)25-15-11-10-14-24(25)22(3)38-41/h10-11,14-17,20-21,39H,8-9,12-13,18-19H2,1-7H3,(H,35,42). The third-order valence-corrected chi connectivity index (χ3v) is 8.97. The van der Waals surface area contributed by atoms with Crippen molar-refractivity contribution in [2.75, 3.05) is 13.2 Å². The Labute approximate surface area is 257 Å². The number of aryl methyl sites for hydroxylation is 1. The van der Waals surface area contributed by atoms with E-state index in [1.54, 1.807) is 12.1 Å². The molecule has 1 amide bonds. The Morgan fingerprint density at radius 1 is 0.955 bits per heavy atom. The molecule has 0 aliphatic heterocycles. The topological polar surface area (TPSA) is 119 Å². The molecule has 0 bridgehead atoms. The molecule has 44 heavy (non-hydrogen) atoms. The van der Waals surface area contributed by atoms with E-state index in [2.05, 4.69) is 85.5 Å². The number of aromatic amines is 1. The number of nitrogens with one attached hydrogen (secondary N) is 2. The van der Waals surface area contributed by atoms with E-state index in [1.807, 2.05) is 25.1 Å². The third kappa shape index (κ3) is 5.98. The van der Waals surface area contributed by atoms with Gasteiger partial charge in [-0.3, -0.25) is 14.7 Å². The summed E-state index contributed by atoms with van der Waals surface area (Å²) in [4.78, 5) is 26.1. The van der Waals surface area contributed by atoms with Gasteiger partial charge in [-0.25, -0.2) is 0 Å². The van der Waals surface area contributed by atoms with Crippen molar-refractivity contribution in [3.8, 4) is 11.7 Å². The van der Waals surface area contributed by atoms with Gasteiger partial charge in [0.2, 0.25) is 0 Å². The molecule has 0 saturated carbocycles. The van der Waals surface area contributed by atoms with E-state index in [0.29, 0.717) is 35.6 Å². The van der Waals surface area contributed by atoms with Gasteiger partial charge in [0.1, 0.15) is 11.4 Å². The van der Waals surface area contributed by atoms with E-state index in [-0.39, 0.29) is 28.2 Å². The van der Waals surface area contributed by atoms with Crippen LogP contribution in [0.25, 0.3) is 22.4 Å². The first-order chi connectivity index (χ1) is 21.0. The van der Waals surface area contributed by atoms with E-state index >= 15 is 0 Å². The Bertz CT molecular complexity index is 1860. The Morgan fingerprint density at radius 2 is 1.68 bits per heavy atom. The lowest BCUT2D eigenvalue weighted by Crippen LogP contribution is -2.26. The van der Waals surface area contributed by atoms with Gasteiger partial charge in [-0.05, 0) is 61.1 Å². The molecular formula is C34H43N7O3. The fourth-order valence-electron chi connectivity index (χ4n) is 5.21. The van der Waals surface area contributed by atoms with Crippen molar-refractivity contribution in [1.29, 1.82) is 0 Å². The molecule has 3 aromatic heterocycles. The first kappa shape index (κ1) is 31.0. The van der Waals surface area contributed by atoms with Gasteiger partial charge >= 0.3 is 0 Å². The largest absolute Gasteiger partial charge is 0.493 e. The molecule has 2 aromatic carbocycles. The summed E-state index contributed by atoms with van der Waals surface area (Å²) in [5.74, 6) is 0.858. The van der Waals surface area contributed by atoms with Crippen LogP contribution in [0.5, 0.6) is 5.75 Å². The van der Waals surface area contributed by atoms with Gasteiger partial charge in [0.25, 0.3) is 17.4 Å². The fourth-order valence-corrected chi connectivity index (χ4v) is 5.21. The number of unbranched alkanes of at least 4 members (excludes halogenated alkanes) is 1. The molecule has 0 fully saturated rings. The summed E-state index contributed by atoms with van der Waals surface area (Å²) in [6.07, 6.45) is 3.65. The van der Waals surface area contributed by atoms with Crippen LogP contribution >= 0.6 is 0 Å². The maximum absolute atomic E-state index is 13.1. The predicted molar refractivity (Wildman–Crippen MR) is 173 cm³/mol. The van der Waals surface area contributed by atoms with Crippen molar-refractivity contribution in [3.63, 3.8) is 0 Å². The highest BCUT2D eigenvalue weighted by Gasteiger charge is 2.26. The van der Waals surface area contributed by atoms with Crippen LogP contribution in [0.15, 0.2) is 53.3 Å². The lowest BCUT2D eigenvalue weighted by Gasteiger charge is -2.30. The van der Waals surface area contributed by atoms with Crippen molar-refractivity contribution in [3.05, 3.63) is 81.4 Å². The second-order valence-corrected chi connectivity index (χ2v) is 12.7. The Kier molecular flexibility index (Phi) is 8.63. The van der Waals surface area contributed by atoms with Gasteiger partial charge < -0.3 is 10.1 Å².